The van der Waals surface area contributed by atoms with E-state index in [1.807, 2.05) is 25.1 Å². The fourth-order valence-corrected chi connectivity index (χ4v) is 1.70. The van der Waals surface area contributed by atoms with Crippen molar-refractivity contribution >= 4 is 11.6 Å². The van der Waals surface area contributed by atoms with E-state index in [4.69, 9.17) is 23.8 Å². The first-order chi connectivity index (χ1) is 6.65. The van der Waals surface area contributed by atoms with Crippen LogP contribution in [0, 0.1) is 19.3 Å². The third-order valence-corrected chi connectivity index (χ3v) is 2.48. The lowest BCUT2D eigenvalue weighted by Gasteiger charge is -2.12. The highest BCUT2D eigenvalue weighted by Crippen LogP contribution is 2.25. The van der Waals surface area contributed by atoms with E-state index in [0.29, 0.717) is 6.42 Å². The van der Waals surface area contributed by atoms with Gasteiger partial charge >= 0.3 is 0 Å². The summed E-state index contributed by atoms with van der Waals surface area (Å²) in [6.45, 7) is 2.00. The van der Waals surface area contributed by atoms with Crippen LogP contribution < -0.4 is 5.73 Å². The molecule has 0 aromatic heterocycles. The summed E-state index contributed by atoms with van der Waals surface area (Å²) in [6.07, 6.45) is 6.64. The molecule has 0 aliphatic heterocycles. The summed E-state index contributed by atoms with van der Waals surface area (Å²) in [6, 6.07) is 5.85. The third-order valence-electron chi connectivity index (χ3n) is 2.16. The van der Waals surface area contributed by atoms with Crippen molar-refractivity contribution in [1.82, 2.24) is 0 Å². The Morgan fingerprint density at radius 3 is 2.86 bits per heavy atom. The van der Waals surface area contributed by atoms with Crippen molar-refractivity contribution in [3.63, 3.8) is 0 Å². The molecule has 74 valence electrons. The molecular formula is C12H14ClN. The zero-order valence-corrected chi connectivity index (χ0v) is 9.01. The number of halogens is 1. The maximum atomic E-state index is 6.07. The molecule has 2 N–H and O–H groups in total. The van der Waals surface area contributed by atoms with Crippen LogP contribution in [-0.2, 0) is 0 Å². The zero-order chi connectivity index (χ0) is 10.6. The van der Waals surface area contributed by atoms with E-state index < -0.39 is 0 Å². The van der Waals surface area contributed by atoms with Gasteiger partial charge in [-0.3, -0.25) is 0 Å². The highest BCUT2D eigenvalue weighted by Gasteiger charge is 2.08. The van der Waals surface area contributed by atoms with Gasteiger partial charge < -0.3 is 5.73 Å². The molecule has 1 aromatic carbocycles. The number of hydrogen-bond acceptors (Lipinski definition) is 1. The molecule has 0 fully saturated rings. The lowest BCUT2D eigenvalue weighted by molar-refractivity contribution is 0.668. The van der Waals surface area contributed by atoms with Crippen LogP contribution >= 0.6 is 11.6 Å². The minimum absolute atomic E-state index is 0.0563. The predicted molar refractivity (Wildman–Crippen MR) is 61.2 cm³/mol. The van der Waals surface area contributed by atoms with E-state index in [2.05, 4.69) is 5.92 Å². The van der Waals surface area contributed by atoms with Crippen molar-refractivity contribution in [2.45, 2.75) is 25.8 Å². The van der Waals surface area contributed by atoms with Crippen molar-refractivity contribution < 1.29 is 0 Å². The second-order valence-electron chi connectivity index (χ2n) is 3.37. The molecule has 14 heavy (non-hydrogen) atoms. The molecule has 1 unspecified atom stereocenters. The number of aryl methyl sites for hydroxylation is 1. The Morgan fingerprint density at radius 1 is 1.57 bits per heavy atom. The van der Waals surface area contributed by atoms with Crippen LogP contribution in [0.5, 0.6) is 0 Å². The van der Waals surface area contributed by atoms with Crippen LogP contribution in [-0.4, -0.2) is 0 Å². The normalized spacial score (nSPS) is 12.1. The first kappa shape index (κ1) is 11.1. The first-order valence-corrected chi connectivity index (χ1v) is 4.98. The van der Waals surface area contributed by atoms with E-state index in [0.717, 1.165) is 22.6 Å². The Balaban J connectivity index is 2.80. The lowest BCUT2D eigenvalue weighted by atomic mass is 10.0. The van der Waals surface area contributed by atoms with Crippen molar-refractivity contribution in [1.29, 1.82) is 0 Å². The van der Waals surface area contributed by atoms with Gasteiger partial charge in [0.1, 0.15) is 0 Å². The van der Waals surface area contributed by atoms with Gasteiger partial charge in [0, 0.05) is 17.5 Å². The predicted octanol–water partition coefficient (Wildman–Crippen LogP) is 3.06. The molecule has 0 heterocycles. The summed E-state index contributed by atoms with van der Waals surface area (Å²) < 4.78 is 0. The number of benzene rings is 1. The maximum absolute atomic E-state index is 6.07. The van der Waals surface area contributed by atoms with Gasteiger partial charge in [0.05, 0.1) is 0 Å². The van der Waals surface area contributed by atoms with E-state index in [1.54, 1.807) is 0 Å². The van der Waals surface area contributed by atoms with E-state index in [-0.39, 0.29) is 6.04 Å². The second-order valence-corrected chi connectivity index (χ2v) is 3.78. The van der Waals surface area contributed by atoms with Crippen LogP contribution in [0.15, 0.2) is 18.2 Å². The SMILES string of the molecule is C#CCCC(N)c1ccc(C)cc1Cl. The Morgan fingerprint density at radius 2 is 2.29 bits per heavy atom. The van der Waals surface area contributed by atoms with Crippen molar-refractivity contribution in [3.8, 4) is 12.3 Å². The molecule has 0 radical (unpaired) electrons. The average molecular weight is 208 g/mol. The summed E-state index contributed by atoms with van der Waals surface area (Å²) in [4.78, 5) is 0. The number of rotatable bonds is 3. The molecule has 1 rings (SSSR count). The van der Waals surface area contributed by atoms with Crippen molar-refractivity contribution in [3.05, 3.63) is 34.3 Å². The number of nitrogens with two attached hydrogens (primary N) is 1. The molecule has 0 aliphatic carbocycles. The minimum Gasteiger partial charge on any atom is -0.324 e. The Hall–Kier alpha value is -0.970. The number of terminal acetylenes is 1. The molecule has 0 aliphatic rings. The molecule has 0 amide bonds. The maximum Gasteiger partial charge on any atom is 0.0456 e. The molecule has 1 nitrogen and oxygen atoms in total. The standard InChI is InChI=1S/C12H14ClN/c1-3-4-5-12(14)10-7-6-9(2)8-11(10)13/h1,6-8,12H,4-5,14H2,2H3. The van der Waals surface area contributed by atoms with E-state index in [9.17, 15) is 0 Å². The molecule has 0 bridgehead atoms. The first-order valence-electron chi connectivity index (χ1n) is 4.60. The van der Waals surface area contributed by atoms with Gasteiger partial charge in [0.25, 0.3) is 0 Å². The van der Waals surface area contributed by atoms with Crippen LogP contribution in [0.3, 0.4) is 0 Å². The van der Waals surface area contributed by atoms with Crippen LogP contribution in [0.4, 0.5) is 0 Å². The minimum atomic E-state index is -0.0563. The Kier molecular flexibility index (Phi) is 4.00. The lowest BCUT2D eigenvalue weighted by Crippen LogP contribution is -2.10. The topological polar surface area (TPSA) is 26.0 Å². The summed E-state index contributed by atoms with van der Waals surface area (Å²) in [7, 11) is 0. The van der Waals surface area contributed by atoms with Crippen LogP contribution in [0.25, 0.3) is 0 Å². The molecule has 0 spiro atoms. The average Bonchev–Trinajstić information content (AvgIpc) is 2.14. The van der Waals surface area contributed by atoms with Gasteiger partial charge in [0.15, 0.2) is 0 Å². The fraction of sp³-hybridized carbons (Fsp3) is 0.333. The van der Waals surface area contributed by atoms with Gasteiger partial charge in [-0.15, -0.1) is 12.3 Å². The largest absolute Gasteiger partial charge is 0.324 e. The molecule has 0 saturated carbocycles. The van der Waals surface area contributed by atoms with E-state index >= 15 is 0 Å². The fourth-order valence-electron chi connectivity index (χ4n) is 1.33. The number of hydrogen-bond donors (Lipinski definition) is 1. The smallest absolute Gasteiger partial charge is 0.0456 e. The van der Waals surface area contributed by atoms with Crippen molar-refractivity contribution in [2.75, 3.05) is 0 Å². The van der Waals surface area contributed by atoms with Gasteiger partial charge in [-0.05, 0) is 30.5 Å². The molecule has 0 saturated heterocycles. The zero-order valence-electron chi connectivity index (χ0n) is 8.26. The summed E-state index contributed by atoms with van der Waals surface area (Å²) >= 11 is 6.07. The monoisotopic (exact) mass is 207 g/mol. The van der Waals surface area contributed by atoms with Gasteiger partial charge in [-0.25, -0.2) is 0 Å². The molecular weight excluding hydrogens is 194 g/mol. The van der Waals surface area contributed by atoms with Crippen molar-refractivity contribution in [2.24, 2.45) is 5.73 Å². The molecule has 1 aromatic rings. The van der Waals surface area contributed by atoms with Gasteiger partial charge in [-0.2, -0.15) is 0 Å². The quantitative estimate of drug-likeness (QED) is 0.758. The van der Waals surface area contributed by atoms with Gasteiger partial charge in [0.2, 0.25) is 0 Å². The highest BCUT2D eigenvalue weighted by atomic mass is 35.5. The summed E-state index contributed by atoms with van der Waals surface area (Å²) in [5.74, 6) is 2.58. The Labute approximate surface area is 90.3 Å². The summed E-state index contributed by atoms with van der Waals surface area (Å²) in [5, 5.41) is 0.731. The highest BCUT2D eigenvalue weighted by molar-refractivity contribution is 6.31. The van der Waals surface area contributed by atoms with Gasteiger partial charge in [-0.1, -0.05) is 23.7 Å². The third kappa shape index (κ3) is 2.77. The molecule has 2 heteroatoms. The van der Waals surface area contributed by atoms with E-state index in [1.165, 1.54) is 0 Å². The Bertz CT molecular complexity index is 352. The molecule has 1 atom stereocenters. The second kappa shape index (κ2) is 5.05. The van der Waals surface area contributed by atoms with Crippen LogP contribution in [0.2, 0.25) is 5.02 Å². The summed E-state index contributed by atoms with van der Waals surface area (Å²) in [5.41, 5.74) is 8.07. The van der Waals surface area contributed by atoms with Crippen LogP contribution in [0.1, 0.15) is 30.0 Å².